The van der Waals surface area contributed by atoms with Crippen molar-refractivity contribution >= 4 is 51.1 Å². The number of nitrogens with one attached hydrogen (secondary N) is 3. The van der Waals surface area contributed by atoms with Crippen LogP contribution in [0.2, 0.25) is 0 Å². The van der Waals surface area contributed by atoms with Gasteiger partial charge in [0.05, 0.1) is 6.61 Å². The van der Waals surface area contributed by atoms with E-state index in [1.807, 2.05) is 13.8 Å². The van der Waals surface area contributed by atoms with E-state index >= 15 is 0 Å². The number of carbonyl (C=O) groups is 2. The molecule has 7 nitrogen and oxygen atoms in total. The molecule has 0 fully saturated rings. The molecule has 0 saturated heterocycles. The summed E-state index contributed by atoms with van der Waals surface area (Å²) in [5.74, 6) is 0.0219. The first-order chi connectivity index (χ1) is 10.3. The van der Waals surface area contributed by atoms with Crippen molar-refractivity contribution in [2.75, 3.05) is 11.9 Å². The molecule has 1 rings (SSSR count). The number of nitrogens with zero attached hydrogens (tertiary/aromatic N) is 1. The molecular weight excluding hydrogens is 372 g/mol. The normalized spacial score (nSPS) is 10.0. The first kappa shape index (κ1) is 18.3. The summed E-state index contributed by atoms with van der Waals surface area (Å²) in [6.07, 6.45) is -0.659. The Labute approximate surface area is 142 Å². The van der Waals surface area contributed by atoms with Crippen molar-refractivity contribution in [3.05, 3.63) is 22.3 Å². The number of carbonyl (C=O) groups excluding carboxylic acids is 2. The third-order valence-electron chi connectivity index (χ3n) is 2.18. The molecule has 9 heteroatoms. The minimum absolute atomic E-state index is 0.00347. The fraction of sp³-hybridized carbons (Fsp3) is 0.385. The number of hydrogen-bond acceptors (Lipinski definition) is 5. The van der Waals surface area contributed by atoms with E-state index < -0.39 is 6.09 Å². The van der Waals surface area contributed by atoms with Crippen LogP contribution in [0.1, 0.15) is 31.3 Å². The predicted molar refractivity (Wildman–Crippen MR) is 90.9 cm³/mol. The molecule has 120 valence electrons. The number of rotatable bonds is 4. The zero-order valence-corrected chi connectivity index (χ0v) is 14.8. The van der Waals surface area contributed by atoms with Gasteiger partial charge in [-0.25, -0.2) is 9.78 Å². The summed E-state index contributed by atoms with van der Waals surface area (Å²) in [7, 11) is 0. The summed E-state index contributed by atoms with van der Waals surface area (Å²) in [5.41, 5.74) is 0.226. The Morgan fingerprint density at radius 3 is 2.68 bits per heavy atom. The maximum atomic E-state index is 12.0. The highest BCUT2D eigenvalue weighted by atomic mass is 79.9. The Balaban J connectivity index is 2.79. The van der Waals surface area contributed by atoms with Gasteiger partial charge in [0.25, 0.3) is 5.91 Å². The number of halogens is 1. The number of amides is 2. The lowest BCUT2D eigenvalue weighted by molar-refractivity contribution is 0.0938. The van der Waals surface area contributed by atoms with E-state index in [0.29, 0.717) is 10.3 Å². The van der Waals surface area contributed by atoms with Gasteiger partial charge in [0, 0.05) is 10.5 Å². The number of aromatic nitrogens is 1. The van der Waals surface area contributed by atoms with Crippen LogP contribution in [-0.4, -0.2) is 34.7 Å². The van der Waals surface area contributed by atoms with E-state index in [1.54, 1.807) is 19.1 Å². The van der Waals surface area contributed by atoms with Crippen LogP contribution in [0.4, 0.5) is 10.6 Å². The second kappa shape index (κ2) is 8.64. The molecule has 22 heavy (non-hydrogen) atoms. The lowest BCUT2D eigenvalue weighted by atomic mass is 10.3. The second-order valence-electron chi connectivity index (χ2n) is 4.48. The number of thiocarbonyl (C=S) groups is 1. The van der Waals surface area contributed by atoms with Gasteiger partial charge in [0.1, 0.15) is 11.5 Å². The zero-order valence-electron chi connectivity index (χ0n) is 12.4. The Morgan fingerprint density at radius 1 is 1.41 bits per heavy atom. The molecule has 1 aromatic heterocycles. The summed E-state index contributed by atoms with van der Waals surface area (Å²) in [6, 6.07) is 3.21. The summed E-state index contributed by atoms with van der Waals surface area (Å²) in [6.45, 7) is 5.63. The molecule has 0 saturated carbocycles. The third kappa shape index (κ3) is 6.35. The Morgan fingerprint density at radius 2 is 2.09 bits per heavy atom. The molecule has 0 aromatic carbocycles. The van der Waals surface area contributed by atoms with E-state index in [-0.39, 0.29) is 29.4 Å². The summed E-state index contributed by atoms with van der Waals surface area (Å²) in [5, 5.41) is 7.82. The second-order valence-corrected chi connectivity index (χ2v) is 5.81. The Hall–Kier alpha value is -1.74. The van der Waals surface area contributed by atoms with E-state index in [4.69, 9.17) is 17.0 Å². The molecule has 0 aliphatic rings. The van der Waals surface area contributed by atoms with Crippen molar-refractivity contribution in [3.8, 4) is 0 Å². The fourth-order valence-electron chi connectivity index (χ4n) is 1.42. The van der Waals surface area contributed by atoms with E-state index in [1.165, 1.54) is 0 Å². The minimum Gasteiger partial charge on any atom is -0.450 e. The maximum Gasteiger partial charge on any atom is 0.413 e. The molecule has 3 N–H and O–H groups in total. The van der Waals surface area contributed by atoms with Crippen molar-refractivity contribution < 1.29 is 14.3 Å². The van der Waals surface area contributed by atoms with Crippen LogP contribution in [-0.2, 0) is 4.74 Å². The molecular formula is C13H17BrN4O3S. The molecule has 1 aromatic rings. The number of hydrogen-bond donors (Lipinski definition) is 3. The monoisotopic (exact) mass is 388 g/mol. The maximum absolute atomic E-state index is 12.0. The average molecular weight is 389 g/mol. The van der Waals surface area contributed by atoms with Crippen LogP contribution in [0.25, 0.3) is 0 Å². The van der Waals surface area contributed by atoms with E-state index in [0.717, 1.165) is 0 Å². The smallest absolute Gasteiger partial charge is 0.413 e. The van der Waals surface area contributed by atoms with Gasteiger partial charge in [-0.3, -0.25) is 10.1 Å². The molecule has 0 unspecified atom stereocenters. The van der Waals surface area contributed by atoms with Crippen LogP contribution in [0, 0.1) is 0 Å². The first-order valence-electron chi connectivity index (χ1n) is 6.55. The van der Waals surface area contributed by atoms with Gasteiger partial charge >= 0.3 is 6.09 Å². The number of ether oxygens (including phenoxy) is 1. The van der Waals surface area contributed by atoms with Gasteiger partial charge in [-0.1, -0.05) is 15.9 Å². The van der Waals surface area contributed by atoms with Crippen LogP contribution in [0.3, 0.4) is 0 Å². The summed E-state index contributed by atoms with van der Waals surface area (Å²) < 4.78 is 5.36. The van der Waals surface area contributed by atoms with Gasteiger partial charge in [-0.05, 0) is 45.1 Å². The van der Waals surface area contributed by atoms with Crippen molar-refractivity contribution in [1.29, 1.82) is 0 Å². The summed E-state index contributed by atoms with van der Waals surface area (Å²) in [4.78, 5) is 27.4. The van der Waals surface area contributed by atoms with Crippen molar-refractivity contribution in [2.24, 2.45) is 0 Å². The minimum atomic E-state index is -0.659. The highest BCUT2D eigenvalue weighted by Gasteiger charge is 2.12. The van der Waals surface area contributed by atoms with Gasteiger partial charge in [0.2, 0.25) is 0 Å². The predicted octanol–water partition coefficient (Wildman–Crippen LogP) is 2.43. The molecule has 0 spiro atoms. The van der Waals surface area contributed by atoms with Gasteiger partial charge < -0.3 is 15.4 Å². The van der Waals surface area contributed by atoms with E-state index in [9.17, 15) is 9.59 Å². The SMILES string of the molecule is CCOC(=O)NC(=S)Nc1cc(Br)cc(C(=O)NC(C)C)n1. The number of alkyl carbamates (subject to hydrolysis) is 1. The average Bonchev–Trinajstić information content (AvgIpc) is 2.36. The molecule has 0 aliphatic carbocycles. The first-order valence-corrected chi connectivity index (χ1v) is 7.75. The van der Waals surface area contributed by atoms with Crippen LogP contribution in [0.15, 0.2) is 16.6 Å². The molecule has 0 bridgehead atoms. The quantitative estimate of drug-likeness (QED) is 0.685. The van der Waals surface area contributed by atoms with Crippen LogP contribution >= 0.6 is 28.1 Å². The topological polar surface area (TPSA) is 92.4 Å². The molecule has 2 amide bonds. The lowest BCUT2D eigenvalue weighted by Gasteiger charge is -2.11. The van der Waals surface area contributed by atoms with Crippen molar-refractivity contribution in [1.82, 2.24) is 15.6 Å². The van der Waals surface area contributed by atoms with Crippen LogP contribution < -0.4 is 16.0 Å². The standard InChI is InChI=1S/C13H17BrN4O3S/c1-4-21-13(20)18-12(22)17-10-6-8(14)5-9(16-10)11(19)15-7(2)3/h5-7H,4H2,1-3H3,(H,15,19)(H2,16,17,18,20,22). The summed E-state index contributed by atoms with van der Waals surface area (Å²) >= 11 is 8.27. The Bertz CT molecular complexity index is 580. The van der Waals surface area contributed by atoms with Crippen molar-refractivity contribution in [3.63, 3.8) is 0 Å². The highest BCUT2D eigenvalue weighted by molar-refractivity contribution is 9.10. The van der Waals surface area contributed by atoms with Gasteiger partial charge in [-0.2, -0.15) is 0 Å². The molecule has 0 radical (unpaired) electrons. The largest absolute Gasteiger partial charge is 0.450 e. The van der Waals surface area contributed by atoms with Crippen molar-refractivity contribution in [2.45, 2.75) is 26.8 Å². The number of anilines is 1. The van der Waals surface area contributed by atoms with Gasteiger partial charge in [0.15, 0.2) is 5.11 Å². The lowest BCUT2D eigenvalue weighted by Crippen LogP contribution is -2.35. The number of pyridine rings is 1. The molecule has 0 atom stereocenters. The highest BCUT2D eigenvalue weighted by Crippen LogP contribution is 2.16. The third-order valence-corrected chi connectivity index (χ3v) is 2.84. The van der Waals surface area contributed by atoms with Crippen LogP contribution in [0.5, 0.6) is 0 Å². The zero-order chi connectivity index (χ0) is 16.7. The fourth-order valence-corrected chi connectivity index (χ4v) is 2.04. The molecule has 1 heterocycles. The van der Waals surface area contributed by atoms with Gasteiger partial charge in [-0.15, -0.1) is 0 Å². The molecule has 0 aliphatic heterocycles. The Kier molecular flexibility index (Phi) is 7.19. The van der Waals surface area contributed by atoms with E-state index in [2.05, 4.69) is 36.9 Å².